The lowest BCUT2D eigenvalue weighted by atomic mass is 10.0. The molecule has 0 heterocycles. The monoisotopic (exact) mass is 226 g/mol. The Kier molecular flexibility index (Phi) is 5.29. The summed E-state index contributed by atoms with van der Waals surface area (Å²) >= 11 is 0. The largest absolute Gasteiger partial charge is 0.370 e. The molecule has 0 bridgehead atoms. The van der Waals surface area contributed by atoms with Crippen LogP contribution in [0.4, 0.5) is 0 Å². The van der Waals surface area contributed by atoms with Crippen LogP contribution in [0.15, 0.2) is 0 Å². The highest BCUT2D eigenvalue weighted by atomic mass is 16.2. The molecule has 0 spiro atoms. The van der Waals surface area contributed by atoms with Gasteiger partial charge in [-0.1, -0.05) is 32.6 Å². The highest BCUT2D eigenvalue weighted by Gasteiger charge is 2.19. The van der Waals surface area contributed by atoms with Gasteiger partial charge in [-0.3, -0.25) is 9.59 Å². The van der Waals surface area contributed by atoms with E-state index in [4.69, 9.17) is 5.73 Å². The topological polar surface area (TPSA) is 72.2 Å². The third-order valence-electron chi connectivity index (χ3n) is 3.16. The minimum atomic E-state index is -0.413. The summed E-state index contributed by atoms with van der Waals surface area (Å²) in [5.74, 6) is -0.755. The maximum Gasteiger partial charge on any atom is 0.223 e. The average Bonchev–Trinajstić information content (AvgIpc) is 2.45. The molecule has 1 fully saturated rings. The zero-order valence-electron chi connectivity index (χ0n) is 10.00. The lowest BCUT2D eigenvalue weighted by Crippen LogP contribution is -2.39. The molecule has 1 aliphatic carbocycles. The van der Waals surface area contributed by atoms with Gasteiger partial charge in [0.1, 0.15) is 0 Å². The number of hydrogen-bond acceptors (Lipinski definition) is 2. The van der Waals surface area contributed by atoms with Crippen LogP contribution >= 0.6 is 0 Å². The van der Waals surface area contributed by atoms with Crippen LogP contribution in [0, 0.1) is 5.92 Å². The van der Waals surface area contributed by atoms with Crippen LogP contribution in [0.2, 0.25) is 0 Å². The summed E-state index contributed by atoms with van der Waals surface area (Å²) in [4.78, 5) is 22.4. The lowest BCUT2D eigenvalue weighted by Gasteiger charge is -2.18. The summed E-state index contributed by atoms with van der Waals surface area (Å²) < 4.78 is 0. The molecular weight excluding hydrogens is 204 g/mol. The first-order valence-corrected chi connectivity index (χ1v) is 6.18. The van der Waals surface area contributed by atoms with Crippen molar-refractivity contribution in [1.29, 1.82) is 0 Å². The molecule has 1 atom stereocenters. The van der Waals surface area contributed by atoms with E-state index >= 15 is 0 Å². The molecule has 0 saturated heterocycles. The molecule has 0 aromatic heterocycles. The zero-order chi connectivity index (χ0) is 12.0. The van der Waals surface area contributed by atoms with Crippen LogP contribution in [0.3, 0.4) is 0 Å². The van der Waals surface area contributed by atoms with Crippen molar-refractivity contribution in [3.63, 3.8) is 0 Å². The molecule has 1 rings (SSSR count). The van der Waals surface area contributed by atoms with E-state index in [1.54, 1.807) is 6.92 Å². The standard InChI is InChI=1S/C12H22N2O2/c1-9(8-11(13)15)12(16)14-10-6-4-2-3-5-7-10/h9-10H,2-8H2,1H3,(H2,13,15)(H,14,16). The summed E-state index contributed by atoms with van der Waals surface area (Å²) in [7, 11) is 0. The molecular formula is C12H22N2O2. The van der Waals surface area contributed by atoms with Crippen LogP contribution in [0.5, 0.6) is 0 Å². The first-order chi connectivity index (χ1) is 7.59. The third-order valence-corrected chi connectivity index (χ3v) is 3.16. The Morgan fingerprint density at radius 1 is 1.25 bits per heavy atom. The van der Waals surface area contributed by atoms with Crippen molar-refractivity contribution in [1.82, 2.24) is 5.32 Å². The number of hydrogen-bond donors (Lipinski definition) is 2. The van der Waals surface area contributed by atoms with Crippen molar-refractivity contribution in [3.05, 3.63) is 0 Å². The fourth-order valence-electron chi connectivity index (χ4n) is 2.16. The van der Waals surface area contributed by atoms with Crippen LogP contribution in [0.25, 0.3) is 0 Å². The fraction of sp³-hybridized carbons (Fsp3) is 0.833. The van der Waals surface area contributed by atoms with Crippen molar-refractivity contribution in [2.24, 2.45) is 11.7 Å². The Hall–Kier alpha value is -1.06. The lowest BCUT2D eigenvalue weighted by molar-refractivity contribution is -0.129. The Balaban J connectivity index is 2.34. The average molecular weight is 226 g/mol. The summed E-state index contributed by atoms with van der Waals surface area (Å²) in [6.07, 6.45) is 7.18. The van der Waals surface area contributed by atoms with Gasteiger partial charge in [0.25, 0.3) is 0 Å². The van der Waals surface area contributed by atoms with E-state index in [1.807, 2.05) is 0 Å². The number of primary amides is 1. The van der Waals surface area contributed by atoms with E-state index in [0.717, 1.165) is 12.8 Å². The molecule has 4 nitrogen and oxygen atoms in total. The summed E-state index contributed by atoms with van der Waals surface area (Å²) in [6, 6.07) is 0.297. The van der Waals surface area contributed by atoms with Crippen molar-refractivity contribution in [3.8, 4) is 0 Å². The highest BCUT2D eigenvalue weighted by Crippen LogP contribution is 2.17. The van der Waals surface area contributed by atoms with E-state index in [-0.39, 0.29) is 18.2 Å². The Bertz CT molecular complexity index is 245. The Morgan fingerprint density at radius 3 is 2.31 bits per heavy atom. The van der Waals surface area contributed by atoms with Gasteiger partial charge in [-0.2, -0.15) is 0 Å². The number of rotatable bonds is 4. The molecule has 92 valence electrons. The molecule has 0 aromatic rings. The highest BCUT2D eigenvalue weighted by molar-refractivity contribution is 5.84. The maximum atomic E-state index is 11.7. The van der Waals surface area contributed by atoms with Crippen LogP contribution in [-0.4, -0.2) is 17.9 Å². The molecule has 1 aliphatic rings. The number of nitrogens with two attached hydrogens (primary N) is 1. The SMILES string of the molecule is CC(CC(N)=O)C(=O)NC1CCCCCC1. The van der Waals surface area contributed by atoms with E-state index in [1.165, 1.54) is 25.7 Å². The molecule has 1 unspecified atom stereocenters. The summed E-state index contributed by atoms with van der Waals surface area (Å²) in [6.45, 7) is 1.75. The smallest absolute Gasteiger partial charge is 0.223 e. The van der Waals surface area contributed by atoms with Crippen molar-refractivity contribution < 1.29 is 9.59 Å². The second-order valence-corrected chi connectivity index (χ2v) is 4.77. The number of carbonyl (C=O) groups excluding carboxylic acids is 2. The van der Waals surface area contributed by atoms with Gasteiger partial charge < -0.3 is 11.1 Å². The quantitative estimate of drug-likeness (QED) is 0.710. The molecule has 1 saturated carbocycles. The van der Waals surface area contributed by atoms with Gasteiger partial charge in [-0.15, -0.1) is 0 Å². The van der Waals surface area contributed by atoms with Crippen molar-refractivity contribution in [2.75, 3.05) is 0 Å². The van der Waals surface area contributed by atoms with E-state index in [0.29, 0.717) is 6.04 Å². The summed E-state index contributed by atoms with van der Waals surface area (Å²) in [5.41, 5.74) is 5.07. The predicted molar refractivity (Wildman–Crippen MR) is 62.6 cm³/mol. The van der Waals surface area contributed by atoms with Gasteiger partial charge >= 0.3 is 0 Å². The van der Waals surface area contributed by atoms with Gasteiger partial charge in [0.05, 0.1) is 0 Å². The first-order valence-electron chi connectivity index (χ1n) is 6.18. The van der Waals surface area contributed by atoms with Gasteiger partial charge in [0, 0.05) is 18.4 Å². The Labute approximate surface area is 97.0 Å². The van der Waals surface area contributed by atoms with Crippen LogP contribution in [0.1, 0.15) is 51.9 Å². The van der Waals surface area contributed by atoms with Crippen LogP contribution < -0.4 is 11.1 Å². The Morgan fingerprint density at radius 2 is 1.81 bits per heavy atom. The van der Waals surface area contributed by atoms with Crippen molar-refractivity contribution in [2.45, 2.75) is 57.9 Å². The third kappa shape index (κ3) is 4.64. The molecule has 0 radical (unpaired) electrons. The molecule has 3 N–H and O–H groups in total. The second kappa shape index (κ2) is 6.51. The minimum Gasteiger partial charge on any atom is -0.370 e. The van der Waals surface area contributed by atoms with Gasteiger partial charge in [-0.25, -0.2) is 0 Å². The predicted octanol–water partition coefficient (Wildman–Crippen LogP) is 1.34. The first kappa shape index (κ1) is 13.0. The maximum absolute atomic E-state index is 11.7. The number of nitrogens with one attached hydrogen (secondary N) is 1. The minimum absolute atomic E-state index is 0.0364. The molecule has 2 amide bonds. The van der Waals surface area contributed by atoms with E-state index in [2.05, 4.69) is 5.32 Å². The zero-order valence-corrected chi connectivity index (χ0v) is 10.00. The molecule has 4 heteroatoms. The van der Waals surface area contributed by atoms with Crippen LogP contribution in [-0.2, 0) is 9.59 Å². The van der Waals surface area contributed by atoms with Crippen molar-refractivity contribution >= 4 is 11.8 Å². The van der Waals surface area contributed by atoms with Gasteiger partial charge in [0.15, 0.2) is 0 Å². The number of amides is 2. The number of carbonyl (C=O) groups is 2. The van der Waals surface area contributed by atoms with E-state index < -0.39 is 5.91 Å². The van der Waals surface area contributed by atoms with Gasteiger partial charge in [-0.05, 0) is 12.8 Å². The molecule has 0 aromatic carbocycles. The molecule has 0 aliphatic heterocycles. The fourth-order valence-corrected chi connectivity index (χ4v) is 2.16. The van der Waals surface area contributed by atoms with E-state index in [9.17, 15) is 9.59 Å². The summed E-state index contributed by atoms with van der Waals surface area (Å²) in [5, 5.41) is 3.02. The van der Waals surface area contributed by atoms with Gasteiger partial charge in [0.2, 0.25) is 11.8 Å². The normalized spacial score (nSPS) is 19.8. The molecule has 16 heavy (non-hydrogen) atoms. The second-order valence-electron chi connectivity index (χ2n) is 4.77.